The van der Waals surface area contributed by atoms with Gasteiger partial charge in [0.05, 0.1) is 11.3 Å². The molecule has 172 valence electrons. The number of aromatic nitrogens is 3. The largest absolute Gasteiger partial charge is 0.438 e. The van der Waals surface area contributed by atoms with Gasteiger partial charge in [0.15, 0.2) is 0 Å². The van der Waals surface area contributed by atoms with Gasteiger partial charge in [0.1, 0.15) is 11.6 Å². The van der Waals surface area contributed by atoms with Gasteiger partial charge in [0, 0.05) is 30.1 Å². The van der Waals surface area contributed by atoms with E-state index in [2.05, 4.69) is 20.3 Å². The molecule has 1 N–H and O–H groups in total. The van der Waals surface area contributed by atoms with Crippen molar-refractivity contribution in [1.82, 2.24) is 15.0 Å². The highest BCUT2D eigenvalue weighted by atomic mass is 16.5. The van der Waals surface area contributed by atoms with Crippen LogP contribution in [0.3, 0.4) is 0 Å². The first-order valence-corrected chi connectivity index (χ1v) is 11.5. The molecule has 0 aliphatic rings. The monoisotopic (exact) mass is 460 g/mol. The highest BCUT2D eigenvalue weighted by Crippen LogP contribution is 2.33. The topological polar surface area (TPSA) is 77.0 Å². The number of pyridine rings is 1. The van der Waals surface area contributed by atoms with E-state index in [0.29, 0.717) is 22.9 Å². The fraction of sp³-hybridized carbons (Fsp3) is 0.103. The van der Waals surface area contributed by atoms with Crippen molar-refractivity contribution in [3.05, 3.63) is 108 Å². The number of hydrogen-bond donors (Lipinski definition) is 1. The lowest BCUT2D eigenvalue weighted by Gasteiger charge is -2.13. The molecule has 5 aromatic rings. The molecule has 0 radical (unpaired) electrons. The van der Waals surface area contributed by atoms with E-state index in [9.17, 15) is 4.79 Å². The Labute approximate surface area is 203 Å². The van der Waals surface area contributed by atoms with E-state index in [-0.39, 0.29) is 5.91 Å². The Bertz CT molecular complexity index is 1530. The lowest BCUT2D eigenvalue weighted by Crippen LogP contribution is -2.12. The van der Waals surface area contributed by atoms with Gasteiger partial charge in [-0.05, 0) is 65.7 Å². The predicted molar refractivity (Wildman–Crippen MR) is 138 cm³/mol. The maximum Gasteiger partial charge on any atom is 0.256 e. The first-order chi connectivity index (χ1) is 17.1. The third-order valence-corrected chi connectivity index (χ3v) is 5.74. The number of carbonyl (C=O) groups is 1. The van der Waals surface area contributed by atoms with E-state index in [0.717, 1.165) is 39.8 Å². The summed E-state index contributed by atoms with van der Waals surface area (Å²) in [5.41, 5.74) is 3.75. The summed E-state index contributed by atoms with van der Waals surface area (Å²) < 4.78 is 6.19. The average Bonchev–Trinajstić information content (AvgIpc) is 2.90. The molecule has 2 aromatic heterocycles. The molecule has 6 nitrogen and oxygen atoms in total. The maximum atomic E-state index is 13.0. The molecule has 0 aliphatic carbocycles. The summed E-state index contributed by atoms with van der Waals surface area (Å²) in [4.78, 5) is 26.3. The van der Waals surface area contributed by atoms with Gasteiger partial charge >= 0.3 is 0 Å². The third-order valence-electron chi connectivity index (χ3n) is 5.74. The zero-order chi connectivity index (χ0) is 24.2. The number of nitrogens with one attached hydrogen (secondary N) is 1. The molecule has 0 bridgehead atoms. The first kappa shape index (κ1) is 22.2. The minimum atomic E-state index is -0.155. The number of carbonyl (C=O) groups excluding carboxylic acids is 1. The van der Waals surface area contributed by atoms with Crippen LogP contribution in [0.5, 0.6) is 11.6 Å². The molecule has 0 atom stereocenters. The van der Waals surface area contributed by atoms with Gasteiger partial charge < -0.3 is 10.1 Å². The molecule has 0 unspecified atom stereocenters. The van der Waals surface area contributed by atoms with Crippen LogP contribution < -0.4 is 10.1 Å². The number of rotatable bonds is 6. The molecule has 0 aliphatic heterocycles. The first-order valence-electron chi connectivity index (χ1n) is 11.5. The zero-order valence-electron chi connectivity index (χ0n) is 19.5. The molecule has 6 heteroatoms. The number of nitrogens with zero attached hydrogens (tertiary/aromatic N) is 3. The molecule has 0 fully saturated rings. The van der Waals surface area contributed by atoms with Crippen LogP contribution in [0.4, 0.5) is 5.69 Å². The summed E-state index contributed by atoms with van der Waals surface area (Å²) in [6.07, 6.45) is 4.18. The molecule has 2 heterocycles. The lowest BCUT2D eigenvalue weighted by atomic mass is 10.0. The van der Waals surface area contributed by atoms with Crippen LogP contribution in [0, 0.1) is 6.92 Å². The van der Waals surface area contributed by atoms with Gasteiger partial charge in [-0.25, -0.2) is 15.0 Å². The molecule has 3 aromatic carbocycles. The standard InChI is InChI=1S/C29H24N4O2/c1-3-27-30-17-15-25(33-27)24-12-7-16-31-29(24)35-26-14-13-21(18-19(26)2)32-28(34)23-11-6-9-20-8-4-5-10-22(20)23/h4-18H,3H2,1-2H3,(H,32,34). The van der Waals surface area contributed by atoms with Gasteiger partial charge in [0.25, 0.3) is 5.91 Å². The van der Waals surface area contributed by atoms with Gasteiger partial charge in [-0.1, -0.05) is 43.3 Å². The molecule has 0 spiro atoms. The van der Waals surface area contributed by atoms with Crippen molar-refractivity contribution in [3.63, 3.8) is 0 Å². The summed E-state index contributed by atoms with van der Waals surface area (Å²) in [6, 6.07) is 24.8. The van der Waals surface area contributed by atoms with E-state index in [1.807, 2.05) is 92.7 Å². The van der Waals surface area contributed by atoms with Crippen molar-refractivity contribution < 1.29 is 9.53 Å². The number of hydrogen-bond acceptors (Lipinski definition) is 5. The van der Waals surface area contributed by atoms with E-state index in [4.69, 9.17) is 4.74 Å². The van der Waals surface area contributed by atoms with Crippen LogP contribution in [-0.4, -0.2) is 20.9 Å². The lowest BCUT2D eigenvalue weighted by molar-refractivity contribution is 0.102. The molecule has 1 amide bonds. The third kappa shape index (κ3) is 4.73. The van der Waals surface area contributed by atoms with Crippen molar-refractivity contribution in [3.8, 4) is 22.9 Å². The fourth-order valence-electron chi connectivity index (χ4n) is 3.95. The van der Waals surface area contributed by atoms with E-state index in [1.165, 1.54) is 0 Å². The van der Waals surface area contributed by atoms with Crippen LogP contribution in [-0.2, 0) is 6.42 Å². The van der Waals surface area contributed by atoms with Crippen molar-refractivity contribution in [2.45, 2.75) is 20.3 Å². The fourth-order valence-corrected chi connectivity index (χ4v) is 3.95. The van der Waals surface area contributed by atoms with Gasteiger partial charge in [0.2, 0.25) is 5.88 Å². The Morgan fingerprint density at radius 1 is 0.914 bits per heavy atom. The van der Waals surface area contributed by atoms with E-state index >= 15 is 0 Å². The molecular formula is C29H24N4O2. The maximum absolute atomic E-state index is 13.0. The van der Waals surface area contributed by atoms with Crippen molar-refractivity contribution >= 4 is 22.4 Å². The SMILES string of the molecule is CCc1nccc(-c2cccnc2Oc2ccc(NC(=O)c3cccc4ccccc34)cc2C)n1. The van der Waals surface area contributed by atoms with E-state index in [1.54, 1.807) is 12.4 Å². The van der Waals surface area contributed by atoms with Crippen LogP contribution in [0.2, 0.25) is 0 Å². The minimum Gasteiger partial charge on any atom is -0.438 e. The average molecular weight is 461 g/mol. The number of benzene rings is 3. The Balaban J connectivity index is 1.38. The molecule has 35 heavy (non-hydrogen) atoms. The number of aryl methyl sites for hydroxylation is 2. The normalized spacial score (nSPS) is 10.8. The van der Waals surface area contributed by atoms with E-state index < -0.39 is 0 Å². The summed E-state index contributed by atoms with van der Waals surface area (Å²) >= 11 is 0. The molecule has 0 saturated heterocycles. The van der Waals surface area contributed by atoms with Gasteiger partial charge in [-0.2, -0.15) is 0 Å². The summed E-state index contributed by atoms with van der Waals surface area (Å²) in [7, 11) is 0. The zero-order valence-corrected chi connectivity index (χ0v) is 19.5. The number of amides is 1. The number of fused-ring (bicyclic) bond motifs is 1. The second kappa shape index (κ2) is 9.73. The predicted octanol–water partition coefficient (Wildman–Crippen LogP) is 6.61. The molecule has 0 saturated carbocycles. The van der Waals surface area contributed by atoms with Gasteiger partial charge in [-0.3, -0.25) is 4.79 Å². The summed E-state index contributed by atoms with van der Waals surface area (Å²) in [6.45, 7) is 3.95. The molecule has 5 rings (SSSR count). The highest BCUT2D eigenvalue weighted by Gasteiger charge is 2.14. The van der Waals surface area contributed by atoms with Crippen LogP contribution in [0.15, 0.2) is 91.3 Å². The van der Waals surface area contributed by atoms with Crippen LogP contribution >= 0.6 is 0 Å². The molecular weight excluding hydrogens is 436 g/mol. The van der Waals surface area contributed by atoms with Crippen molar-refractivity contribution in [1.29, 1.82) is 0 Å². The Kier molecular flexibility index (Phi) is 6.18. The van der Waals surface area contributed by atoms with Crippen molar-refractivity contribution in [2.24, 2.45) is 0 Å². The minimum absolute atomic E-state index is 0.155. The Morgan fingerprint density at radius 2 is 1.77 bits per heavy atom. The summed E-state index contributed by atoms with van der Waals surface area (Å²) in [5, 5.41) is 4.95. The second-order valence-electron chi connectivity index (χ2n) is 8.13. The van der Waals surface area contributed by atoms with Crippen LogP contribution in [0.1, 0.15) is 28.7 Å². The Morgan fingerprint density at radius 3 is 2.63 bits per heavy atom. The van der Waals surface area contributed by atoms with Crippen LogP contribution in [0.25, 0.3) is 22.0 Å². The van der Waals surface area contributed by atoms with Crippen molar-refractivity contribution in [2.75, 3.05) is 5.32 Å². The second-order valence-corrected chi connectivity index (χ2v) is 8.13. The Hall–Kier alpha value is -4.58. The number of anilines is 1. The number of ether oxygens (including phenoxy) is 1. The quantitative estimate of drug-likeness (QED) is 0.309. The van der Waals surface area contributed by atoms with Gasteiger partial charge in [-0.15, -0.1) is 0 Å². The summed E-state index contributed by atoms with van der Waals surface area (Å²) in [5.74, 6) is 1.72. The smallest absolute Gasteiger partial charge is 0.256 e. The highest BCUT2D eigenvalue weighted by molar-refractivity contribution is 6.12.